The third kappa shape index (κ3) is 7.78. The maximum absolute atomic E-state index is 5.33. The zero-order valence-electron chi connectivity index (χ0n) is 11.8. The van der Waals surface area contributed by atoms with E-state index in [9.17, 15) is 0 Å². The summed E-state index contributed by atoms with van der Waals surface area (Å²) >= 11 is 1.90. The van der Waals surface area contributed by atoms with Crippen LogP contribution in [0.15, 0.2) is 34.2 Å². The van der Waals surface area contributed by atoms with Crippen LogP contribution in [0, 0.1) is 0 Å². The van der Waals surface area contributed by atoms with Gasteiger partial charge in [-0.2, -0.15) is 0 Å². The number of benzene rings is 1. The second-order valence-corrected chi connectivity index (χ2v) is 5.82. The molecule has 0 aliphatic carbocycles. The Kier molecular flexibility index (Phi) is 8.14. The van der Waals surface area contributed by atoms with Gasteiger partial charge < -0.3 is 11.5 Å². The molecule has 3 nitrogen and oxygen atoms in total. The first-order valence-corrected chi connectivity index (χ1v) is 8.03. The van der Waals surface area contributed by atoms with Gasteiger partial charge in [0.2, 0.25) is 0 Å². The molecule has 0 aliphatic heterocycles. The average Bonchev–Trinajstić information content (AvgIpc) is 2.39. The molecule has 0 bridgehead atoms. The van der Waals surface area contributed by atoms with Gasteiger partial charge in [-0.05, 0) is 36.4 Å². The fourth-order valence-corrected chi connectivity index (χ4v) is 2.75. The molecule has 0 fully saturated rings. The molecule has 1 aromatic carbocycles. The maximum Gasteiger partial charge on any atom is 0.191 e. The molecule has 0 spiro atoms. The van der Waals surface area contributed by atoms with Gasteiger partial charge >= 0.3 is 0 Å². The Labute approximate surface area is 120 Å². The summed E-state index contributed by atoms with van der Waals surface area (Å²) < 4.78 is 0. The fraction of sp³-hybridized carbons (Fsp3) is 0.533. The lowest BCUT2D eigenvalue weighted by Gasteiger charge is -2.03. The predicted octanol–water partition coefficient (Wildman–Crippen LogP) is 4.04. The van der Waals surface area contributed by atoms with Crippen molar-refractivity contribution in [1.29, 1.82) is 0 Å². The Morgan fingerprint density at radius 3 is 2.26 bits per heavy atom. The Hall–Kier alpha value is -1.16. The minimum Gasteiger partial charge on any atom is -0.370 e. The third-order valence-corrected chi connectivity index (χ3v) is 3.96. The third-order valence-electron chi connectivity index (χ3n) is 2.86. The number of guanidine groups is 1. The fourth-order valence-electron chi connectivity index (χ4n) is 1.84. The molecule has 0 aromatic heterocycles. The van der Waals surface area contributed by atoms with E-state index in [1.54, 1.807) is 0 Å². The Bertz CT molecular complexity index is 369. The average molecular weight is 279 g/mol. The molecule has 0 aliphatic rings. The number of aliphatic imine (C=N–C) groups is 1. The predicted molar refractivity (Wildman–Crippen MR) is 86.0 cm³/mol. The second kappa shape index (κ2) is 9.73. The van der Waals surface area contributed by atoms with Crippen LogP contribution in [0.1, 0.15) is 45.4 Å². The summed E-state index contributed by atoms with van der Waals surface area (Å²) in [4.78, 5) is 5.28. The van der Waals surface area contributed by atoms with Crippen LogP contribution in [0.5, 0.6) is 0 Å². The zero-order chi connectivity index (χ0) is 13.9. The lowest BCUT2D eigenvalue weighted by Crippen LogP contribution is -2.21. The van der Waals surface area contributed by atoms with E-state index in [-0.39, 0.29) is 5.96 Å². The molecule has 0 amide bonds. The monoisotopic (exact) mass is 279 g/mol. The molecular weight excluding hydrogens is 254 g/mol. The van der Waals surface area contributed by atoms with E-state index >= 15 is 0 Å². The lowest BCUT2D eigenvalue weighted by molar-refractivity contribution is 0.627. The molecule has 106 valence electrons. The minimum absolute atomic E-state index is 0.104. The van der Waals surface area contributed by atoms with E-state index in [0.29, 0.717) is 0 Å². The molecule has 0 unspecified atom stereocenters. The van der Waals surface area contributed by atoms with Crippen LogP contribution in [0.3, 0.4) is 0 Å². The molecule has 4 heteroatoms. The largest absolute Gasteiger partial charge is 0.370 e. The highest BCUT2D eigenvalue weighted by Crippen LogP contribution is 2.23. The SMILES string of the molecule is CCCCCCCCSc1ccc(N=C(N)N)cc1. The maximum atomic E-state index is 5.33. The first kappa shape index (κ1) is 15.9. The number of nitrogens with zero attached hydrogens (tertiary/aromatic N) is 1. The molecule has 0 heterocycles. The number of thioether (sulfide) groups is 1. The number of hydrogen-bond donors (Lipinski definition) is 2. The summed E-state index contributed by atoms with van der Waals surface area (Å²) in [7, 11) is 0. The van der Waals surface area contributed by atoms with Crippen molar-refractivity contribution in [2.75, 3.05) is 5.75 Å². The van der Waals surface area contributed by atoms with Gasteiger partial charge in [0, 0.05) is 4.90 Å². The van der Waals surface area contributed by atoms with Gasteiger partial charge in [0.25, 0.3) is 0 Å². The van der Waals surface area contributed by atoms with Crippen molar-refractivity contribution in [3.05, 3.63) is 24.3 Å². The summed E-state index contributed by atoms with van der Waals surface area (Å²) in [5.74, 6) is 1.29. The molecule has 1 aromatic rings. The van der Waals surface area contributed by atoms with Gasteiger partial charge in [0.05, 0.1) is 5.69 Å². The highest BCUT2D eigenvalue weighted by atomic mass is 32.2. The number of rotatable bonds is 9. The Morgan fingerprint density at radius 2 is 1.63 bits per heavy atom. The van der Waals surface area contributed by atoms with E-state index in [0.717, 1.165) is 5.69 Å². The first-order chi connectivity index (χ1) is 9.22. The van der Waals surface area contributed by atoms with Crippen molar-refractivity contribution >= 4 is 23.4 Å². The van der Waals surface area contributed by atoms with Crippen molar-refractivity contribution in [3.63, 3.8) is 0 Å². The summed E-state index contributed by atoms with van der Waals surface area (Å²) in [6.07, 6.45) is 8.09. The molecule has 0 saturated carbocycles. The van der Waals surface area contributed by atoms with E-state index in [1.165, 1.54) is 49.2 Å². The van der Waals surface area contributed by atoms with Crippen molar-refractivity contribution in [3.8, 4) is 0 Å². The number of nitrogens with two attached hydrogens (primary N) is 2. The van der Waals surface area contributed by atoms with Crippen LogP contribution in [-0.2, 0) is 0 Å². The standard InChI is InChI=1S/C15H25N3S/c1-2-3-4-5-6-7-12-19-14-10-8-13(9-11-14)18-15(16)17/h8-11H,2-7,12H2,1H3,(H4,16,17,18). The number of unbranched alkanes of at least 4 members (excludes halogenated alkanes) is 5. The van der Waals surface area contributed by atoms with Gasteiger partial charge in [-0.3, -0.25) is 0 Å². The lowest BCUT2D eigenvalue weighted by atomic mass is 10.1. The molecule has 19 heavy (non-hydrogen) atoms. The Balaban J connectivity index is 2.18. The first-order valence-electron chi connectivity index (χ1n) is 7.05. The summed E-state index contributed by atoms with van der Waals surface area (Å²) in [6, 6.07) is 8.04. The second-order valence-electron chi connectivity index (χ2n) is 4.65. The van der Waals surface area contributed by atoms with Gasteiger partial charge in [-0.15, -0.1) is 11.8 Å². The quantitative estimate of drug-likeness (QED) is 0.310. The highest BCUT2D eigenvalue weighted by molar-refractivity contribution is 7.99. The van der Waals surface area contributed by atoms with Crippen LogP contribution >= 0.6 is 11.8 Å². The van der Waals surface area contributed by atoms with Gasteiger partial charge in [-0.1, -0.05) is 39.0 Å². The number of hydrogen-bond acceptors (Lipinski definition) is 2. The van der Waals surface area contributed by atoms with E-state index in [4.69, 9.17) is 11.5 Å². The normalized spacial score (nSPS) is 10.4. The summed E-state index contributed by atoms with van der Waals surface area (Å²) in [5, 5.41) is 0. The molecular formula is C15H25N3S. The zero-order valence-corrected chi connectivity index (χ0v) is 12.6. The van der Waals surface area contributed by atoms with Crippen LogP contribution in [0.2, 0.25) is 0 Å². The molecule has 4 N–H and O–H groups in total. The van der Waals surface area contributed by atoms with Crippen LogP contribution < -0.4 is 11.5 Å². The van der Waals surface area contributed by atoms with Crippen LogP contribution in [0.25, 0.3) is 0 Å². The molecule has 1 rings (SSSR count). The van der Waals surface area contributed by atoms with Crippen molar-refractivity contribution in [2.24, 2.45) is 16.5 Å². The van der Waals surface area contributed by atoms with Crippen molar-refractivity contribution < 1.29 is 0 Å². The van der Waals surface area contributed by atoms with E-state index in [1.807, 2.05) is 23.9 Å². The molecule has 0 atom stereocenters. The van der Waals surface area contributed by atoms with Crippen LogP contribution in [0.4, 0.5) is 5.69 Å². The smallest absolute Gasteiger partial charge is 0.191 e. The minimum atomic E-state index is 0.104. The summed E-state index contributed by atoms with van der Waals surface area (Å²) in [6.45, 7) is 2.25. The van der Waals surface area contributed by atoms with Crippen molar-refractivity contribution in [1.82, 2.24) is 0 Å². The van der Waals surface area contributed by atoms with Crippen molar-refractivity contribution in [2.45, 2.75) is 50.3 Å². The highest BCUT2D eigenvalue weighted by Gasteiger charge is 1.96. The van der Waals surface area contributed by atoms with Gasteiger partial charge in [-0.25, -0.2) is 4.99 Å². The Morgan fingerprint density at radius 1 is 1.00 bits per heavy atom. The summed E-state index contributed by atoms with van der Waals surface area (Å²) in [5.41, 5.74) is 11.5. The topological polar surface area (TPSA) is 64.4 Å². The van der Waals surface area contributed by atoms with Gasteiger partial charge in [0.1, 0.15) is 0 Å². The molecule has 0 radical (unpaired) electrons. The van der Waals surface area contributed by atoms with E-state index in [2.05, 4.69) is 24.0 Å². The van der Waals surface area contributed by atoms with Gasteiger partial charge in [0.15, 0.2) is 5.96 Å². The van der Waals surface area contributed by atoms with Crippen LogP contribution in [-0.4, -0.2) is 11.7 Å². The van der Waals surface area contributed by atoms with E-state index < -0.39 is 0 Å². The molecule has 0 saturated heterocycles.